The third-order valence-corrected chi connectivity index (χ3v) is 3.35. The Morgan fingerprint density at radius 1 is 1.00 bits per heavy atom. The number of ether oxygens (including phenoxy) is 2. The normalized spacial score (nSPS) is 10.4. The number of anilines is 1. The van der Waals surface area contributed by atoms with Gasteiger partial charge in [-0.1, -0.05) is 0 Å². The fourth-order valence-corrected chi connectivity index (χ4v) is 2.14. The van der Waals surface area contributed by atoms with E-state index in [0.717, 1.165) is 0 Å². The Balaban J connectivity index is 2.29. The van der Waals surface area contributed by atoms with Gasteiger partial charge in [0.15, 0.2) is 5.78 Å². The Hall–Kier alpha value is -2.82. The van der Waals surface area contributed by atoms with Crippen molar-refractivity contribution >= 4 is 17.4 Å². The van der Waals surface area contributed by atoms with Crippen LogP contribution in [0.4, 0.5) is 5.69 Å². The maximum absolute atomic E-state index is 12.4. The SMILES string of the molecule is COc1ccc(C(=O)Nc2cc(C(C)=O)ccc2OC(C)C)cc1. The smallest absolute Gasteiger partial charge is 0.255 e. The molecule has 0 saturated carbocycles. The molecule has 2 rings (SSSR count). The molecule has 0 spiro atoms. The maximum atomic E-state index is 12.4. The molecule has 0 heterocycles. The van der Waals surface area contributed by atoms with Crippen LogP contribution in [0.15, 0.2) is 42.5 Å². The molecular formula is C19H21NO4. The summed E-state index contributed by atoms with van der Waals surface area (Å²) in [6.45, 7) is 5.27. The molecule has 5 heteroatoms. The van der Waals surface area contributed by atoms with Crippen LogP contribution >= 0.6 is 0 Å². The lowest BCUT2D eigenvalue weighted by Gasteiger charge is -2.16. The van der Waals surface area contributed by atoms with Crippen LogP contribution < -0.4 is 14.8 Å². The van der Waals surface area contributed by atoms with Crippen molar-refractivity contribution in [2.45, 2.75) is 26.9 Å². The number of nitrogens with one attached hydrogen (secondary N) is 1. The minimum Gasteiger partial charge on any atom is -0.497 e. The van der Waals surface area contributed by atoms with E-state index in [2.05, 4.69) is 5.32 Å². The van der Waals surface area contributed by atoms with E-state index in [0.29, 0.717) is 28.3 Å². The first-order chi connectivity index (χ1) is 11.4. The molecule has 0 aromatic heterocycles. The number of carbonyl (C=O) groups is 2. The Labute approximate surface area is 141 Å². The highest BCUT2D eigenvalue weighted by atomic mass is 16.5. The van der Waals surface area contributed by atoms with E-state index in [4.69, 9.17) is 9.47 Å². The molecule has 0 fully saturated rings. The predicted molar refractivity (Wildman–Crippen MR) is 93.2 cm³/mol. The standard InChI is InChI=1S/C19H21NO4/c1-12(2)24-18-10-7-15(13(3)21)11-17(18)20-19(22)14-5-8-16(23-4)9-6-14/h5-12H,1-4H3,(H,20,22). The molecule has 1 amide bonds. The first kappa shape index (κ1) is 17.5. The Morgan fingerprint density at radius 3 is 2.17 bits per heavy atom. The summed E-state index contributed by atoms with van der Waals surface area (Å²) < 4.78 is 10.8. The van der Waals surface area contributed by atoms with Crippen LogP contribution in [-0.2, 0) is 0 Å². The summed E-state index contributed by atoms with van der Waals surface area (Å²) in [6.07, 6.45) is -0.0511. The topological polar surface area (TPSA) is 64.6 Å². The average molecular weight is 327 g/mol. The molecule has 2 aromatic rings. The van der Waals surface area contributed by atoms with Gasteiger partial charge in [0.2, 0.25) is 0 Å². The summed E-state index contributed by atoms with van der Waals surface area (Å²) in [5, 5.41) is 2.81. The van der Waals surface area contributed by atoms with E-state index in [9.17, 15) is 9.59 Å². The van der Waals surface area contributed by atoms with Gasteiger partial charge in [-0.05, 0) is 63.2 Å². The second-order valence-corrected chi connectivity index (χ2v) is 5.62. The molecule has 0 radical (unpaired) electrons. The lowest BCUT2D eigenvalue weighted by Crippen LogP contribution is -2.15. The lowest BCUT2D eigenvalue weighted by atomic mass is 10.1. The van der Waals surface area contributed by atoms with Crippen LogP contribution in [0.3, 0.4) is 0 Å². The Bertz CT molecular complexity index is 736. The number of carbonyl (C=O) groups excluding carboxylic acids is 2. The quantitative estimate of drug-likeness (QED) is 0.816. The zero-order valence-electron chi connectivity index (χ0n) is 14.3. The molecule has 0 bridgehead atoms. The van der Waals surface area contributed by atoms with E-state index < -0.39 is 0 Å². The maximum Gasteiger partial charge on any atom is 0.255 e. The summed E-state index contributed by atoms with van der Waals surface area (Å²) in [6, 6.07) is 11.8. The Kier molecular flexibility index (Phi) is 5.58. The highest BCUT2D eigenvalue weighted by molar-refractivity contribution is 6.06. The molecule has 24 heavy (non-hydrogen) atoms. The molecule has 0 aliphatic carbocycles. The second-order valence-electron chi connectivity index (χ2n) is 5.62. The number of rotatable bonds is 6. The van der Waals surface area contributed by atoms with Crippen LogP contribution in [-0.4, -0.2) is 24.9 Å². The van der Waals surface area contributed by atoms with Crippen molar-refractivity contribution in [1.82, 2.24) is 0 Å². The zero-order valence-corrected chi connectivity index (χ0v) is 14.3. The minimum atomic E-state index is -0.285. The number of methoxy groups -OCH3 is 1. The van der Waals surface area contributed by atoms with Gasteiger partial charge in [0.25, 0.3) is 5.91 Å². The van der Waals surface area contributed by atoms with Crippen molar-refractivity contribution in [2.75, 3.05) is 12.4 Å². The molecule has 0 atom stereocenters. The molecule has 0 aliphatic rings. The van der Waals surface area contributed by atoms with Crippen molar-refractivity contribution in [3.8, 4) is 11.5 Å². The summed E-state index contributed by atoms with van der Waals surface area (Å²) in [5.41, 5.74) is 1.47. The summed E-state index contributed by atoms with van der Waals surface area (Å²) in [4.78, 5) is 24.0. The first-order valence-electron chi connectivity index (χ1n) is 7.67. The van der Waals surface area contributed by atoms with E-state index in [1.54, 1.807) is 49.6 Å². The lowest BCUT2D eigenvalue weighted by molar-refractivity contribution is 0.101. The molecule has 1 N–H and O–H groups in total. The number of Topliss-reactive ketones (excluding diaryl/α,β-unsaturated/α-hetero) is 1. The van der Waals surface area contributed by atoms with E-state index in [1.165, 1.54) is 6.92 Å². The molecule has 126 valence electrons. The van der Waals surface area contributed by atoms with Gasteiger partial charge in [0.05, 0.1) is 18.9 Å². The van der Waals surface area contributed by atoms with Gasteiger partial charge in [-0.15, -0.1) is 0 Å². The van der Waals surface area contributed by atoms with Gasteiger partial charge in [-0.25, -0.2) is 0 Å². The highest BCUT2D eigenvalue weighted by Crippen LogP contribution is 2.28. The van der Waals surface area contributed by atoms with Crippen molar-refractivity contribution < 1.29 is 19.1 Å². The van der Waals surface area contributed by atoms with E-state index in [-0.39, 0.29) is 17.8 Å². The van der Waals surface area contributed by atoms with Crippen molar-refractivity contribution in [3.05, 3.63) is 53.6 Å². The Morgan fingerprint density at radius 2 is 1.62 bits per heavy atom. The third-order valence-electron chi connectivity index (χ3n) is 3.35. The van der Waals surface area contributed by atoms with E-state index in [1.807, 2.05) is 13.8 Å². The molecule has 0 aliphatic heterocycles. The van der Waals surface area contributed by atoms with Gasteiger partial charge >= 0.3 is 0 Å². The van der Waals surface area contributed by atoms with Gasteiger partial charge < -0.3 is 14.8 Å². The number of hydrogen-bond donors (Lipinski definition) is 1. The van der Waals surface area contributed by atoms with Gasteiger partial charge in [0, 0.05) is 11.1 Å². The number of hydrogen-bond acceptors (Lipinski definition) is 4. The third kappa shape index (κ3) is 4.35. The molecule has 0 unspecified atom stereocenters. The van der Waals surface area contributed by atoms with Crippen LogP contribution in [0.1, 0.15) is 41.5 Å². The fourth-order valence-electron chi connectivity index (χ4n) is 2.14. The van der Waals surface area contributed by atoms with Gasteiger partial charge in [-0.3, -0.25) is 9.59 Å². The first-order valence-corrected chi connectivity index (χ1v) is 7.67. The largest absolute Gasteiger partial charge is 0.497 e. The molecule has 5 nitrogen and oxygen atoms in total. The van der Waals surface area contributed by atoms with E-state index >= 15 is 0 Å². The minimum absolute atomic E-state index is 0.0511. The van der Waals surface area contributed by atoms with Crippen molar-refractivity contribution in [2.24, 2.45) is 0 Å². The predicted octanol–water partition coefficient (Wildman–Crippen LogP) is 3.94. The van der Waals surface area contributed by atoms with Gasteiger partial charge in [0.1, 0.15) is 11.5 Å². The average Bonchev–Trinajstić information content (AvgIpc) is 2.55. The summed E-state index contributed by atoms with van der Waals surface area (Å²) in [5.74, 6) is 0.837. The molecule has 2 aromatic carbocycles. The van der Waals surface area contributed by atoms with Gasteiger partial charge in [-0.2, -0.15) is 0 Å². The van der Waals surface area contributed by atoms with Crippen LogP contribution in [0.2, 0.25) is 0 Å². The number of amides is 1. The zero-order chi connectivity index (χ0) is 17.7. The van der Waals surface area contributed by atoms with Crippen LogP contribution in [0, 0.1) is 0 Å². The fraction of sp³-hybridized carbons (Fsp3) is 0.263. The summed E-state index contributed by atoms with van der Waals surface area (Å²) in [7, 11) is 1.57. The molecule has 0 saturated heterocycles. The van der Waals surface area contributed by atoms with Crippen molar-refractivity contribution in [1.29, 1.82) is 0 Å². The number of benzene rings is 2. The monoisotopic (exact) mass is 327 g/mol. The van der Waals surface area contributed by atoms with Crippen LogP contribution in [0.5, 0.6) is 11.5 Å². The number of ketones is 1. The van der Waals surface area contributed by atoms with Crippen LogP contribution in [0.25, 0.3) is 0 Å². The van der Waals surface area contributed by atoms with Crippen molar-refractivity contribution in [3.63, 3.8) is 0 Å². The highest BCUT2D eigenvalue weighted by Gasteiger charge is 2.13. The summed E-state index contributed by atoms with van der Waals surface area (Å²) >= 11 is 0. The second kappa shape index (κ2) is 7.64. The molecular weight excluding hydrogens is 306 g/mol.